The van der Waals surface area contributed by atoms with Crippen LogP contribution in [0.5, 0.6) is 5.75 Å². The number of hydrogen-bond acceptors (Lipinski definition) is 3. The van der Waals surface area contributed by atoms with E-state index in [2.05, 4.69) is 35.1 Å². The lowest BCUT2D eigenvalue weighted by atomic mass is 10.2. The first-order chi connectivity index (χ1) is 10.0. The van der Waals surface area contributed by atoms with E-state index in [4.69, 9.17) is 9.15 Å². The van der Waals surface area contributed by atoms with Gasteiger partial charge in [0, 0.05) is 16.1 Å². The second-order valence-electron chi connectivity index (χ2n) is 5.29. The zero-order chi connectivity index (χ0) is 15.2. The maximum absolute atomic E-state index is 13.3. The average Bonchev–Trinajstić information content (AvgIpc) is 2.82. The summed E-state index contributed by atoms with van der Waals surface area (Å²) < 4.78 is 25.0. The average molecular weight is 356 g/mol. The zero-order valence-corrected chi connectivity index (χ0v) is 13.7. The second-order valence-corrected chi connectivity index (χ2v) is 6.20. The molecule has 3 nitrogen and oxygen atoms in total. The molecule has 2 rings (SSSR count). The van der Waals surface area contributed by atoms with Crippen LogP contribution in [0.1, 0.15) is 25.2 Å². The van der Waals surface area contributed by atoms with Gasteiger partial charge in [0.25, 0.3) is 0 Å². The summed E-state index contributed by atoms with van der Waals surface area (Å²) in [6.45, 7) is 6.25. The Bertz CT molecular complexity index is 563. The minimum absolute atomic E-state index is 0.328. The monoisotopic (exact) mass is 355 g/mol. The summed E-state index contributed by atoms with van der Waals surface area (Å²) in [5.41, 5.74) is 0.964. The molecule has 0 aliphatic heterocycles. The van der Waals surface area contributed by atoms with Crippen LogP contribution in [0.3, 0.4) is 0 Å². The lowest BCUT2D eigenvalue weighted by Gasteiger charge is -2.09. The summed E-state index contributed by atoms with van der Waals surface area (Å²) in [5, 5.41) is 3.33. The molecule has 0 atom stereocenters. The van der Waals surface area contributed by atoms with Crippen molar-refractivity contribution in [3.05, 3.63) is 52.1 Å². The van der Waals surface area contributed by atoms with Gasteiger partial charge in [-0.15, -0.1) is 0 Å². The fourth-order valence-electron chi connectivity index (χ4n) is 1.90. The molecule has 0 aliphatic rings. The minimum atomic E-state index is -0.328. The molecule has 21 heavy (non-hydrogen) atoms. The highest BCUT2D eigenvalue weighted by molar-refractivity contribution is 9.10. The largest absolute Gasteiger partial charge is 0.489 e. The third-order valence-corrected chi connectivity index (χ3v) is 3.36. The van der Waals surface area contributed by atoms with Crippen molar-refractivity contribution in [3.8, 4) is 5.75 Å². The molecule has 0 saturated carbocycles. The summed E-state index contributed by atoms with van der Waals surface area (Å²) in [6, 6.07) is 6.37. The summed E-state index contributed by atoms with van der Waals surface area (Å²) in [4.78, 5) is 0. The first-order valence-corrected chi connectivity index (χ1v) is 7.68. The van der Waals surface area contributed by atoms with E-state index in [1.807, 2.05) is 6.07 Å². The Morgan fingerprint density at radius 2 is 2.14 bits per heavy atom. The Kier molecular flexibility index (Phi) is 5.82. The van der Waals surface area contributed by atoms with Crippen LogP contribution in [0, 0.1) is 11.7 Å². The van der Waals surface area contributed by atoms with Crippen LogP contribution in [0.2, 0.25) is 0 Å². The quantitative estimate of drug-likeness (QED) is 0.793. The van der Waals surface area contributed by atoms with Crippen LogP contribution in [0.4, 0.5) is 4.39 Å². The molecule has 1 aromatic carbocycles. The number of halogens is 2. The van der Waals surface area contributed by atoms with Crippen molar-refractivity contribution < 1.29 is 13.5 Å². The molecule has 5 heteroatoms. The van der Waals surface area contributed by atoms with Gasteiger partial charge in [-0.05, 0) is 30.7 Å². The van der Waals surface area contributed by atoms with E-state index in [0.29, 0.717) is 29.3 Å². The van der Waals surface area contributed by atoms with Crippen molar-refractivity contribution in [2.75, 3.05) is 6.54 Å². The van der Waals surface area contributed by atoms with Crippen LogP contribution in [0.15, 0.2) is 39.4 Å². The lowest BCUT2D eigenvalue weighted by Crippen LogP contribution is -2.19. The lowest BCUT2D eigenvalue weighted by molar-refractivity contribution is 0.299. The second kappa shape index (κ2) is 7.61. The number of nitrogens with one attached hydrogen (secondary N) is 1. The molecular weight excluding hydrogens is 337 g/mol. The Morgan fingerprint density at radius 3 is 2.86 bits per heavy atom. The van der Waals surface area contributed by atoms with Gasteiger partial charge in [0.05, 0.1) is 12.8 Å². The highest BCUT2D eigenvalue weighted by Gasteiger charge is 2.08. The summed E-state index contributed by atoms with van der Waals surface area (Å²) in [5.74, 6) is 1.60. The van der Waals surface area contributed by atoms with E-state index in [0.717, 1.165) is 17.9 Å². The minimum Gasteiger partial charge on any atom is -0.489 e. The Labute approximate surface area is 132 Å². The molecule has 2 aromatic rings. The molecule has 0 bridgehead atoms. The van der Waals surface area contributed by atoms with Gasteiger partial charge in [0.15, 0.2) is 0 Å². The topological polar surface area (TPSA) is 34.4 Å². The predicted molar refractivity (Wildman–Crippen MR) is 83.7 cm³/mol. The summed E-state index contributed by atoms with van der Waals surface area (Å²) >= 11 is 3.25. The Balaban J connectivity index is 1.92. The van der Waals surface area contributed by atoms with Gasteiger partial charge >= 0.3 is 0 Å². The predicted octanol–water partition coefficient (Wildman–Crippen LogP) is 4.51. The summed E-state index contributed by atoms with van der Waals surface area (Å²) in [7, 11) is 0. The first kappa shape index (κ1) is 16.0. The molecule has 0 fully saturated rings. The third kappa shape index (κ3) is 5.17. The Hall–Kier alpha value is -1.33. The molecule has 114 valence electrons. The van der Waals surface area contributed by atoms with E-state index in [9.17, 15) is 4.39 Å². The highest BCUT2D eigenvalue weighted by Crippen LogP contribution is 2.22. The van der Waals surface area contributed by atoms with E-state index in [1.165, 1.54) is 12.1 Å². The smallest absolute Gasteiger partial charge is 0.128 e. The molecule has 1 N–H and O–H groups in total. The zero-order valence-electron chi connectivity index (χ0n) is 12.2. The van der Waals surface area contributed by atoms with Crippen molar-refractivity contribution in [2.24, 2.45) is 5.92 Å². The highest BCUT2D eigenvalue weighted by atomic mass is 79.9. The van der Waals surface area contributed by atoms with Gasteiger partial charge in [0.2, 0.25) is 0 Å². The first-order valence-electron chi connectivity index (χ1n) is 6.89. The van der Waals surface area contributed by atoms with Gasteiger partial charge in [-0.3, -0.25) is 0 Å². The number of ether oxygens (including phenoxy) is 1. The number of furan rings is 1. The molecule has 0 saturated heterocycles. The molecule has 0 unspecified atom stereocenters. The molecule has 1 heterocycles. The van der Waals surface area contributed by atoms with E-state index >= 15 is 0 Å². The van der Waals surface area contributed by atoms with E-state index in [1.54, 1.807) is 12.3 Å². The van der Waals surface area contributed by atoms with Gasteiger partial charge in [-0.25, -0.2) is 4.39 Å². The van der Waals surface area contributed by atoms with Crippen molar-refractivity contribution in [3.63, 3.8) is 0 Å². The van der Waals surface area contributed by atoms with Gasteiger partial charge in [-0.2, -0.15) is 0 Å². The molecule has 0 radical (unpaired) electrons. The van der Waals surface area contributed by atoms with Crippen LogP contribution < -0.4 is 10.1 Å². The molecule has 0 spiro atoms. The van der Waals surface area contributed by atoms with Crippen LogP contribution in [-0.2, 0) is 13.2 Å². The normalized spacial score (nSPS) is 11.1. The van der Waals surface area contributed by atoms with Crippen molar-refractivity contribution >= 4 is 15.9 Å². The maximum Gasteiger partial charge on any atom is 0.128 e. The summed E-state index contributed by atoms with van der Waals surface area (Å²) in [6.07, 6.45) is 1.65. The van der Waals surface area contributed by atoms with Crippen molar-refractivity contribution in [2.45, 2.75) is 27.0 Å². The molecule has 0 amide bonds. The molecule has 0 aliphatic carbocycles. The van der Waals surface area contributed by atoms with Crippen LogP contribution in [0.25, 0.3) is 0 Å². The van der Waals surface area contributed by atoms with E-state index < -0.39 is 0 Å². The van der Waals surface area contributed by atoms with Crippen molar-refractivity contribution in [1.82, 2.24) is 5.32 Å². The van der Waals surface area contributed by atoms with Crippen LogP contribution in [-0.4, -0.2) is 6.54 Å². The number of benzene rings is 1. The number of hydrogen-bond donors (Lipinski definition) is 1. The Morgan fingerprint density at radius 1 is 1.33 bits per heavy atom. The van der Waals surface area contributed by atoms with Gasteiger partial charge < -0.3 is 14.5 Å². The number of rotatable bonds is 7. The molecule has 1 aromatic heterocycles. The maximum atomic E-state index is 13.3. The van der Waals surface area contributed by atoms with Gasteiger partial charge in [-0.1, -0.05) is 29.8 Å². The SMILES string of the molecule is CC(C)CNCc1occc1COc1cc(F)cc(Br)c1. The van der Waals surface area contributed by atoms with Crippen molar-refractivity contribution in [1.29, 1.82) is 0 Å². The van der Waals surface area contributed by atoms with E-state index in [-0.39, 0.29) is 5.82 Å². The fourth-order valence-corrected chi connectivity index (χ4v) is 2.34. The van der Waals surface area contributed by atoms with Crippen LogP contribution >= 0.6 is 15.9 Å². The standard InChI is InChI=1S/C16H19BrFNO2/c1-11(2)8-19-9-16-12(3-4-20-16)10-21-15-6-13(17)5-14(18)7-15/h3-7,11,19H,8-10H2,1-2H3. The van der Waals surface area contributed by atoms with Gasteiger partial charge in [0.1, 0.15) is 23.9 Å². The third-order valence-electron chi connectivity index (χ3n) is 2.91. The fraction of sp³-hybridized carbons (Fsp3) is 0.375. The molecular formula is C16H19BrFNO2.